The number of methoxy groups -OCH3 is 1. The van der Waals surface area contributed by atoms with Gasteiger partial charge in [0.2, 0.25) is 0 Å². The van der Waals surface area contributed by atoms with Crippen LogP contribution in [-0.4, -0.2) is 33.4 Å². The van der Waals surface area contributed by atoms with Gasteiger partial charge >= 0.3 is 16.1 Å². The van der Waals surface area contributed by atoms with Gasteiger partial charge in [0, 0.05) is 11.6 Å². The Bertz CT molecular complexity index is 1510. The zero-order valence-corrected chi connectivity index (χ0v) is 20.5. The summed E-state index contributed by atoms with van der Waals surface area (Å²) in [5, 5.41) is 2.15. The van der Waals surface area contributed by atoms with Crippen LogP contribution in [0.25, 0.3) is 6.08 Å². The fourth-order valence-corrected chi connectivity index (χ4v) is 4.50. The molecule has 0 unspecified atom stereocenters. The third kappa shape index (κ3) is 4.84. The van der Waals surface area contributed by atoms with Crippen molar-refractivity contribution < 1.29 is 31.7 Å². The van der Waals surface area contributed by atoms with E-state index >= 15 is 0 Å². The maximum Gasteiger partial charge on any atom is 0.339 e. The van der Waals surface area contributed by atoms with E-state index in [1.54, 1.807) is 43.3 Å². The summed E-state index contributed by atoms with van der Waals surface area (Å²) in [6.07, 6.45) is 1.18. The van der Waals surface area contributed by atoms with Crippen molar-refractivity contribution >= 4 is 39.7 Å². The van der Waals surface area contributed by atoms with E-state index in [0.29, 0.717) is 17.0 Å². The van der Waals surface area contributed by atoms with E-state index in [2.05, 4.69) is 5.32 Å². The van der Waals surface area contributed by atoms with Crippen molar-refractivity contribution in [2.24, 2.45) is 0 Å². The van der Waals surface area contributed by atoms with Crippen molar-refractivity contribution in [3.05, 3.63) is 89.0 Å². The molecule has 0 radical (unpaired) electrons. The van der Waals surface area contributed by atoms with Crippen molar-refractivity contribution in [1.29, 1.82) is 0 Å². The Morgan fingerprint density at radius 2 is 1.61 bits per heavy atom. The Hall–Kier alpha value is -4.44. The summed E-state index contributed by atoms with van der Waals surface area (Å²) >= 11 is 0. The summed E-state index contributed by atoms with van der Waals surface area (Å²) in [5.41, 5.74) is 1.57. The highest BCUT2D eigenvalue weighted by Gasteiger charge is 2.37. The lowest BCUT2D eigenvalue weighted by Crippen LogP contribution is -2.54. The first-order valence-electron chi connectivity index (χ1n) is 10.8. The molecule has 0 aliphatic carbocycles. The van der Waals surface area contributed by atoms with E-state index in [9.17, 15) is 22.8 Å². The van der Waals surface area contributed by atoms with Gasteiger partial charge in [-0.25, -0.2) is 9.69 Å². The third-order valence-corrected chi connectivity index (χ3v) is 6.74. The minimum Gasteiger partial charge on any atom is -0.497 e. The number of para-hydroxylation sites is 1. The molecule has 1 aliphatic heterocycles. The van der Waals surface area contributed by atoms with Crippen LogP contribution >= 0.6 is 0 Å². The molecule has 10 heteroatoms. The molecule has 0 bridgehead atoms. The number of benzene rings is 3. The number of hydrogen-bond acceptors (Lipinski definition) is 7. The molecule has 1 heterocycles. The van der Waals surface area contributed by atoms with E-state index in [1.807, 2.05) is 6.92 Å². The highest BCUT2D eigenvalue weighted by Crippen LogP contribution is 2.31. The highest BCUT2D eigenvalue weighted by molar-refractivity contribution is 7.87. The van der Waals surface area contributed by atoms with Crippen LogP contribution in [0.2, 0.25) is 0 Å². The number of barbiturate groups is 1. The maximum absolute atomic E-state index is 13.3. The second-order valence-electron chi connectivity index (χ2n) is 8.00. The van der Waals surface area contributed by atoms with Gasteiger partial charge < -0.3 is 8.92 Å². The average Bonchev–Trinajstić information content (AvgIpc) is 2.83. The van der Waals surface area contributed by atoms with Crippen LogP contribution in [-0.2, 0) is 19.7 Å². The molecule has 3 aromatic carbocycles. The van der Waals surface area contributed by atoms with Crippen molar-refractivity contribution in [1.82, 2.24) is 5.32 Å². The minimum absolute atomic E-state index is 0.0719. The van der Waals surface area contributed by atoms with Gasteiger partial charge in [0.1, 0.15) is 16.2 Å². The zero-order chi connectivity index (χ0) is 26.0. The fourth-order valence-electron chi connectivity index (χ4n) is 3.55. The number of imide groups is 2. The molecule has 36 heavy (non-hydrogen) atoms. The normalized spacial score (nSPS) is 15.1. The summed E-state index contributed by atoms with van der Waals surface area (Å²) in [6, 6.07) is 16.2. The Morgan fingerprint density at radius 1 is 0.917 bits per heavy atom. The SMILES string of the molecule is COc1ccc(/C=C2\C(=O)NC(=O)N(c3ccccc3C)C2=O)c(OS(=O)(=O)c2ccc(C)cc2)c1. The number of hydrogen-bond donors (Lipinski definition) is 1. The summed E-state index contributed by atoms with van der Waals surface area (Å²) in [4.78, 5) is 39.2. The quantitative estimate of drug-likeness (QED) is 0.307. The zero-order valence-electron chi connectivity index (χ0n) is 19.6. The van der Waals surface area contributed by atoms with Gasteiger partial charge in [-0.05, 0) is 55.8 Å². The molecule has 1 fully saturated rings. The molecule has 4 rings (SSSR count). The number of anilines is 1. The Kier molecular flexibility index (Phi) is 6.63. The van der Waals surface area contributed by atoms with Crippen LogP contribution in [0.15, 0.2) is 77.2 Å². The number of ether oxygens (including phenoxy) is 1. The minimum atomic E-state index is -4.25. The second-order valence-corrected chi connectivity index (χ2v) is 9.54. The third-order valence-electron chi connectivity index (χ3n) is 5.49. The van der Waals surface area contributed by atoms with E-state index in [0.717, 1.165) is 10.5 Å². The number of nitrogens with one attached hydrogen (secondary N) is 1. The second kappa shape index (κ2) is 9.67. The fraction of sp³-hybridized carbons (Fsp3) is 0.115. The Balaban J connectivity index is 1.77. The first-order chi connectivity index (χ1) is 17.1. The average molecular weight is 507 g/mol. The number of aryl methyl sites for hydroxylation is 2. The molecule has 0 aromatic heterocycles. The summed E-state index contributed by atoms with van der Waals surface area (Å²) in [7, 11) is -2.85. The van der Waals surface area contributed by atoms with Crippen molar-refractivity contribution in [3.63, 3.8) is 0 Å². The van der Waals surface area contributed by atoms with Crippen LogP contribution < -0.4 is 19.1 Å². The van der Waals surface area contributed by atoms with Crippen LogP contribution in [0.1, 0.15) is 16.7 Å². The first kappa shape index (κ1) is 24.7. The summed E-state index contributed by atoms with van der Waals surface area (Å²) in [5.74, 6) is -1.65. The predicted molar refractivity (Wildman–Crippen MR) is 132 cm³/mol. The van der Waals surface area contributed by atoms with Crippen molar-refractivity contribution in [3.8, 4) is 11.5 Å². The summed E-state index contributed by atoms with van der Waals surface area (Å²) < 4.78 is 36.4. The van der Waals surface area contributed by atoms with Crippen LogP contribution in [0.4, 0.5) is 10.5 Å². The molecule has 0 saturated carbocycles. The Morgan fingerprint density at radius 3 is 2.28 bits per heavy atom. The van der Waals surface area contributed by atoms with Gasteiger partial charge in [0.25, 0.3) is 11.8 Å². The van der Waals surface area contributed by atoms with Gasteiger partial charge in [0.15, 0.2) is 5.75 Å². The van der Waals surface area contributed by atoms with E-state index < -0.39 is 28.0 Å². The number of carbonyl (C=O) groups is 3. The van der Waals surface area contributed by atoms with Gasteiger partial charge in [-0.1, -0.05) is 35.9 Å². The van der Waals surface area contributed by atoms with Crippen molar-refractivity contribution in [2.75, 3.05) is 12.0 Å². The monoisotopic (exact) mass is 506 g/mol. The molecule has 1 aliphatic rings. The molecule has 0 spiro atoms. The van der Waals surface area contributed by atoms with Crippen LogP contribution in [0, 0.1) is 13.8 Å². The Labute approximate surface area is 208 Å². The largest absolute Gasteiger partial charge is 0.497 e. The number of urea groups is 1. The molecule has 1 saturated heterocycles. The number of nitrogens with zero attached hydrogens (tertiary/aromatic N) is 1. The molecule has 3 aromatic rings. The highest BCUT2D eigenvalue weighted by atomic mass is 32.2. The molecule has 0 atom stereocenters. The molecular weight excluding hydrogens is 484 g/mol. The lowest BCUT2D eigenvalue weighted by Gasteiger charge is -2.27. The smallest absolute Gasteiger partial charge is 0.339 e. The molecule has 1 N–H and O–H groups in total. The van der Waals surface area contributed by atoms with Gasteiger partial charge in [0.05, 0.1) is 12.8 Å². The predicted octanol–water partition coefficient (Wildman–Crippen LogP) is 3.75. The van der Waals surface area contributed by atoms with E-state index in [-0.39, 0.29) is 21.8 Å². The molecule has 4 amide bonds. The summed E-state index contributed by atoms with van der Waals surface area (Å²) in [6.45, 7) is 3.54. The van der Waals surface area contributed by atoms with E-state index in [1.165, 1.54) is 43.5 Å². The molecule has 9 nitrogen and oxygen atoms in total. The van der Waals surface area contributed by atoms with E-state index in [4.69, 9.17) is 8.92 Å². The molecular formula is C26H22N2O7S. The van der Waals surface area contributed by atoms with Crippen LogP contribution in [0.5, 0.6) is 11.5 Å². The van der Waals surface area contributed by atoms with Gasteiger partial charge in [-0.2, -0.15) is 8.42 Å². The number of amides is 4. The van der Waals surface area contributed by atoms with Crippen molar-refractivity contribution in [2.45, 2.75) is 18.7 Å². The number of rotatable bonds is 6. The molecule has 184 valence electrons. The van der Waals surface area contributed by atoms with Gasteiger partial charge in [-0.15, -0.1) is 0 Å². The number of carbonyl (C=O) groups excluding carboxylic acids is 3. The van der Waals surface area contributed by atoms with Gasteiger partial charge in [-0.3, -0.25) is 14.9 Å². The van der Waals surface area contributed by atoms with Crippen LogP contribution in [0.3, 0.4) is 0 Å². The lowest BCUT2D eigenvalue weighted by molar-refractivity contribution is -0.122. The lowest BCUT2D eigenvalue weighted by atomic mass is 10.0. The topological polar surface area (TPSA) is 119 Å². The maximum atomic E-state index is 13.3. The standard InChI is InChI=1S/C26H22N2O7S/c1-16-8-12-20(13-9-16)36(32,33)35-23-15-19(34-3)11-10-18(23)14-21-24(29)27-26(31)28(25(21)30)22-7-5-4-6-17(22)2/h4-15H,1-3H3,(H,27,29,31)/b21-14+. The first-order valence-corrected chi connectivity index (χ1v) is 12.2.